The van der Waals surface area contributed by atoms with E-state index >= 15 is 0 Å². The standard InChI is InChI=1S/C27H21ClN2O7/c1-3-36-20-6-4-5-7-21(20)37-27(34)17-8-12-18(13-9-17)29-23-22(28)24(31)30(25(23)32)19-14-10-16(11-15-19)26(33)35-2/h4-15,29H,3H2,1-2H3. The molecule has 0 spiro atoms. The number of nitrogens with zero attached hydrogens (tertiary/aromatic N) is 1. The number of benzene rings is 3. The summed E-state index contributed by atoms with van der Waals surface area (Å²) in [4.78, 5) is 50.8. The summed E-state index contributed by atoms with van der Waals surface area (Å²) >= 11 is 6.18. The molecular formula is C27H21ClN2O7. The Balaban J connectivity index is 1.46. The Morgan fingerprint density at radius 1 is 0.838 bits per heavy atom. The Morgan fingerprint density at radius 3 is 2.05 bits per heavy atom. The molecule has 0 saturated heterocycles. The molecule has 1 N–H and O–H groups in total. The van der Waals surface area contributed by atoms with Crippen LogP contribution in [0.1, 0.15) is 27.6 Å². The van der Waals surface area contributed by atoms with Crippen LogP contribution in [0.5, 0.6) is 11.5 Å². The van der Waals surface area contributed by atoms with Gasteiger partial charge in [-0.15, -0.1) is 0 Å². The zero-order chi connectivity index (χ0) is 26.5. The van der Waals surface area contributed by atoms with Gasteiger partial charge < -0.3 is 19.5 Å². The summed E-state index contributed by atoms with van der Waals surface area (Å²) in [5.74, 6) is -1.78. The minimum atomic E-state index is -0.715. The van der Waals surface area contributed by atoms with Gasteiger partial charge in [0.25, 0.3) is 11.8 Å². The molecule has 0 aromatic heterocycles. The number of methoxy groups -OCH3 is 1. The number of para-hydroxylation sites is 2. The molecule has 2 amide bonds. The number of amides is 2. The van der Waals surface area contributed by atoms with Gasteiger partial charge in [-0.1, -0.05) is 23.7 Å². The maximum atomic E-state index is 13.0. The van der Waals surface area contributed by atoms with Gasteiger partial charge in [0, 0.05) is 5.69 Å². The lowest BCUT2D eigenvalue weighted by Crippen LogP contribution is -2.32. The number of carbonyl (C=O) groups excluding carboxylic acids is 4. The Bertz CT molecular complexity index is 1400. The van der Waals surface area contributed by atoms with Crippen LogP contribution in [0.2, 0.25) is 0 Å². The van der Waals surface area contributed by atoms with E-state index in [1.807, 2.05) is 6.92 Å². The molecule has 188 valence electrons. The van der Waals surface area contributed by atoms with Crippen molar-refractivity contribution < 1.29 is 33.4 Å². The fourth-order valence-electron chi connectivity index (χ4n) is 3.51. The third kappa shape index (κ3) is 5.31. The molecule has 3 aromatic carbocycles. The molecule has 0 fully saturated rings. The van der Waals surface area contributed by atoms with Crippen molar-refractivity contribution in [3.63, 3.8) is 0 Å². The highest BCUT2D eigenvalue weighted by Gasteiger charge is 2.39. The van der Waals surface area contributed by atoms with E-state index in [0.717, 1.165) is 4.90 Å². The lowest BCUT2D eigenvalue weighted by molar-refractivity contribution is -0.120. The number of hydrogen-bond donors (Lipinski definition) is 1. The number of ether oxygens (including phenoxy) is 3. The lowest BCUT2D eigenvalue weighted by atomic mass is 10.2. The lowest BCUT2D eigenvalue weighted by Gasteiger charge is -2.15. The molecule has 0 saturated carbocycles. The van der Waals surface area contributed by atoms with Crippen molar-refractivity contribution in [2.75, 3.05) is 23.9 Å². The number of halogens is 1. The van der Waals surface area contributed by atoms with Crippen molar-refractivity contribution >= 4 is 46.7 Å². The van der Waals surface area contributed by atoms with Gasteiger partial charge >= 0.3 is 11.9 Å². The highest BCUT2D eigenvalue weighted by atomic mass is 35.5. The van der Waals surface area contributed by atoms with Crippen LogP contribution >= 0.6 is 11.6 Å². The first kappa shape index (κ1) is 25.5. The van der Waals surface area contributed by atoms with Crippen LogP contribution in [0, 0.1) is 0 Å². The molecule has 0 radical (unpaired) electrons. The van der Waals surface area contributed by atoms with Crippen LogP contribution < -0.4 is 19.7 Å². The fraction of sp³-hybridized carbons (Fsp3) is 0.111. The Hall–Kier alpha value is -4.63. The summed E-state index contributed by atoms with van der Waals surface area (Å²) in [5.41, 5.74) is 1.07. The number of imide groups is 1. The third-order valence-corrected chi connectivity index (χ3v) is 5.67. The summed E-state index contributed by atoms with van der Waals surface area (Å²) in [6.45, 7) is 2.25. The van der Waals surface area contributed by atoms with Gasteiger partial charge in [-0.25, -0.2) is 14.5 Å². The van der Waals surface area contributed by atoms with Crippen molar-refractivity contribution in [3.8, 4) is 11.5 Å². The number of carbonyl (C=O) groups is 4. The Kier molecular flexibility index (Phi) is 7.55. The van der Waals surface area contributed by atoms with Gasteiger partial charge in [0.2, 0.25) is 0 Å². The zero-order valence-electron chi connectivity index (χ0n) is 19.8. The topological polar surface area (TPSA) is 111 Å². The number of anilines is 2. The summed E-state index contributed by atoms with van der Waals surface area (Å²) in [6, 6.07) is 18.7. The summed E-state index contributed by atoms with van der Waals surface area (Å²) < 4.78 is 15.6. The van der Waals surface area contributed by atoms with Crippen molar-refractivity contribution in [3.05, 3.63) is 94.7 Å². The summed E-state index contributed by atoms with van der Waals surface area (Å²) in [7, 11) is 1.25. The van der Waals surface area contributed by atoms with Crippen LogP contribution in [-0.4, -0.2) is 37.5 Å². The molecule has 1 heterocycles. The molecule has 3 aromatic rings. The first-order chi connectivity index (χ1) is 17.8. The van der Waals surface area contributed by atoms with Crippen LogP contribution in [0.4, 0.5) is 11.4 Å². The average Bonchev–Trinajstić information content (AvgIpc) is 3.12. The van der Waals surface area contributed by atoms with Gasteiger partial charge in [-0.05, 0) is 67.6 Å². The first-order valence-corrected chi connectivity index (χ1v) is 11.5. The molecule has 0 aliphatic carbocycles. The van der Waals surface area contributed by atoms with Gasteiger partial charge in [0.05, 0.1) is 30.5 Å². The van der Waals surface area contributed by atoms with Crippen molar-refractivity contribution in [2.45, 2.75) is 6.92 Å². The average molecular weight is 521 g/mol. The molecular weight excluding hydrogens is 500 g/mol. The molecule has 1 aliphatic heterocycles. The fourth-order valence-corrected chi connectivity index (χ4v) is 3.72. The molecule has 0 unspecified atom stereocenters. The summed E-state index contributed by atoms with van der Waals surface area (Å²) in [6.07, 6.45) is 0. The van der Waals surface area contributed by atoms with Gasteiger partial charge in [0.15, 0.2) is 11.5 Å². The van der Waals surface area contributed by atoms with E-state index in [1.54, 1.807) is 36.4 Å². The Labute approximate surface area is 217 Å². The van der Waals surface area contributed by atoms with Crippen LogP contribution in [0.3, 0.4) is 0 Å². The molecule has 37 heavy (non-hydrogen) atoms. The second-order valence-electron chi connectivity index (χ2n) is 7.64. The van der Waals surface area contributed by atoms with E-state index in [4.69, 9.17) is 21.1 Å². The maximum absolute atomic E-state index is 13.0. The van der Waals surface area contributed by atoms with E-state index in [9.17, 15) is 19.2 Å². The number of rotatable bonds is 8. The number of esters is 2. The number of nitrogens with one attached hydrogen (secondary N) is 1. The van der Waals surface area contributed by atoms with Crippen LogP contribution in [-0.2, 0) is 14.3 Å². The van der Waals surface area contributed by atoms with E-state index in [0.29, 0.717) is 23.8 Å². The zero-order valence-corrected chi connectivity index (χ0v) is 20.6. The van der Waals surface area contributed by atoms with E-state index < -0.39 is 23.8 Å². The number of hydrogen-bond acceptors (Lipinski definition) is 8. The smallest absolute Gasteiger partial charge is 0.343 e. The second-order valence-corrected chi connectivity index (χ2v) is 8.02. The largest absolute Gasteiger partial charge is 0.490 e. The predicted octanol–water partition coefficient (Wildman–Crippen LogP) is 4.53. The minimum Gasteiger partial charge on any atom is -0.490 e. The normalized spacial score (nSPS) is 13.0. The molecule has 10 heteroatoms. The van der Waals surface area contributed by atoms with Crippen LogP contribution in [0.15, 0.2) is 83.5 Å². The van der Waals surface area contributed by atoms with Crippen molar-refractivity contribution in [2.24, 2.45) is 0 Å². The quantitative estimate of drug-likeness (QED) is 0.262. The monoisotopic (exact) mass is 520 g/mol. The minimum absolute atomic E-state index is 0.121. The highest BCUT2D eigenvalue weighted by molar-refractivity contribution is 6.53. The molecule has 4 rings (SSSR count). The molecule has 1 aliphatic rings. The predicted molar refractivity (Wildman–Crippen MR) is 136 cm³/mol. The van der Waals surface area contributed by atoms with Gasteiger partial charge in [-0.3, -0.25) is 9.59 Å². The maximum Gasteiger partial charge on any atom is 0.343 e. The summed E-state index contributed by atoms with van der Waals surface area (Å²) in [5, 5.41) is 2.55. The van der Waals surface area contributed by atoms with Crippen molar-refractivity contribution in [1.29, 1.82) is 0 Å². The van der Waals surface area contributed by atoms with E-state index in [1.165, 1.54) is 43.5 Å². The highest BCUT2D eigenvalue weighted by Crippen LogP contribution is 2.31. The van der Waals surface area contributed by atoms with Gasteiger partial charge in [-0.2, -0.15) is 0 Å². The molecule has 0 atom stereocenters. The first-order valence-electron chi connectivity index (χ1n) is 11.1. The van der Waals surface area contributed by atoms with Gasteiger partial charge in [0.1, 0.15) is 10.7 Å². The van der Waals surface area contributed by atoms with E-state index in [2.05, 4.69) is 10.1 Å². The third-order valence-electron chi connectivity index (χ3n) is 5.32. The van der Waals surface area contributed by atoms with E-state index in [-0.39, 0.29) is 27.5 Å². The van der Waals surface area contributed by atoms with Crippen LogP contribution in [0.25, 0.3) is 0 Å². The SMILES string of the molecule is CCOc1ccccc1OC(=O)c1ccc(NC2=C(Cl)C(=O)N(c3ccc(C(=O)OC)cc3)C2=O)cc1. The molecule has 0 bridgehead atoms. The Morgan fingerprint density at radius 2 is 1.43 bits per heavy atom. The molecule has 9 nitrogen and oxygen atoms in total. The van der Waals surface area contributed by atoms with Crippen molar-refractivity contribution in [1.82, 2.24) is 0 Å². The second kappa shape index (κ2) is 11.0.